The normalized spacial score (nSPS) is 16.2. The summed E-state index contributed by atoms with van der Waals surface area (Å²) in [6.45, 7) is 2.88. The number of aromatic amines is 1. The topological polar surface area (TPSA) is 95.8 Å². The first-order chi connectivity index (χ1) is 10.2. The fourth-order valence-corrected chi connectivity index (χ4v) is 2.89. The lowest BCUT2D eigenvalue weighted by molar-refractivity contribution is 0.0952. The number of piperidine rings is 1. The van der Waals surface area contributed by atoms with Crippen LogP contribution in [0.25, 0.3) is 11.0 Å². The molecule has 0 saturated carbocycles. The van der Waals surface area contributed by atoms with Gasteiger partial charge in [0.05, 0.1) is 11.1 Å². The molecular formula is C15H21N5O. The van der Waals surface area contributed by atoms with E-state index >= 15 is 0 Å². The Hall–Kier alpha value is -2.08. The number of nitrogens with zero attached hydrogens (tertiary/aromatic N) is 1. The van der Waals surface area contributed by atoms with Crippen molar-refractivity contribution in [2.45, 2.75) is 19.3 Å². The fraction of sp³-hybridized carbons (Fsp3) is 0.467. The van der Waals surface area contributed by atoms with E-state index in [4.69, 9.17) is 5.73 Å². The van der Waals surface area contributed by atoms with Gasteiger partial charge in [0.1, 0.15) is 5.52 Å². The first kappa shape index (κ1) is 13.9. The highest BCUT2D eigenvalue weighted by Crippen LogP contribution is 2.18. The number of anilines is 1. The number of hydrogen-bond donors (Lipinski definition) is 4. The SMILES string of the molecule is Nc1nc2c(C(=O)NCCC3CCNCC3)cccc2[nH]1. The maximum absolute atomic E-state index is 12.3. The molecule has 5 N–H and O–H groups in total. The number of H-pyrrole nitrogens is 1. The van der Waals surface area contributed by atoms with Crippen LogP contribution in [0.2, 0.25) is 0 Å². The van der Waals surface area contributed by atoms with Gasteiger partial charge in [-0.1, -0.05) is 6.07 Å². The number of para-hydroxylation sites is 1. The predicted molar refractivity (Wildman–Crippen MR) is 83.1 cm³/mol. The van der Waals surface area contributed by atoms with Crippen LogP contribution < -0.4 is 16.4 Å². The van der Waals surface area contributed by atoms with Crippen molar-refractivity contribution in [3.05, 3.63) is 23.8 Å². The molecule has 21 heavy (non-hydrogen) atoms. The minimum Gasteiger partial charge on any atom is -0.369 e. The van der Waals surface area contributed by atoms with Gasteiger partial charge in [0.15, 0.2) is 5.95 Å². The lowest BCUT2D eigenvalue weighted by Crippen LogP contribution is -2.31. The highest BCUT2D eigenvalue weighted by Gasteiger charge is 2.15. The number of carbonyl (C=O) groups excluding carboxylic acids is 1. The largest absolute Gasteiger partial charge is 0.369 e. The van der Waals surface area contributed by atoms with Crippen LogP contribution in [0, 0.1) is 5.92 Å². The number of carbonyl (C=O) groups is 1. The zero-order valence-corrected chi connectivity index (χ0v) is 12.0. The highest BCUT2D eigenvalue weighted by atomic mass is 16.1. The van der Waals surface area contributed by atoms with Crippen LogP contribution in [0.3, 0.4) is 0 Å². The Morgan fingerprint density at radius 2 is 2.19 bits per heavy atom. The first-order valence-corrected chi connectivity index (χ1v) is 7.47. The molecule has 1 saturated heterocycles. The number of rotatable bonds is 4. The maximum atomic E-state index is 12.3. The van der Waals surface area contributed by atoms with E-state index in [2.05, 4.69) is 20.6 Å². The second-order valence-electron chi connectivity index (χ2n) is 5.56. The molecule has 1 aliphatic heterocycles. The zero-order valence-electron chi connectivity index (χ0n) is 12.0. The van der Waals surface area contributed by atoms with Gasteiger partial charge in [0.2, 0.25) is 0 Å². The summed E-state index contributed by atoms with van der Waals surface area (Å²) in [5.74, 6) is 0.962. The van der Waals surface area contributed by atoms with Crippen molar-refractivity contribution in [3.8, 4) is 0 Å². The summed E-state index contributed by atoms with van der Waals surface area (Å²) < 4.78 is 0. The van der Waals surface area contributed by atoms with E-state index in [9.17, 15) is 4.79 Å². The van der Waals surface area contributed by atoms with Crippen LogP contribution in [0.1, 0.15) is 29.6 Å². The maximum Gasteiger partial charge on any atom is 0.253 e. The average Bonchev–Trinajstić information content (AvgIpc) is 2.88. The van der Waals surface area contributed by atoms with Crippen molar-refractivity contribution in [1.82, 2.24) is 20.6 Å². The summed E-state index contributed by atoms with van der Waals surface area (Å²) in [6.07, 6.45) is 3.43. The molecule has 0 unspecified atom stereocenters. The van der Waals surface area contributed by atoms with E-state index in [1.807, 2.05) is 12.1 Å². The third kappa shape index (κ3) is 3.16. The number of nitrogens with one attached hydrogen (secondary N) is 3. The number of nitrogens with two attached hydrogens (primary N) is 1. The van der Waals surface area contributed by atoms with Crippen molar-refractivity contribution in [2.24, 2.45) is 5.92 Å². The molecule has 0 spiro atoms. The van der Waals surface area contributed by atoms with E-state index in [1.54, 1.807) is 6.07 Å². The van der Waals surface area contributed by atoms with Gasteiger partial charge in [-0.25, -0.2) is 4.98 Å². The number of imidazole rings is 1. The third-order valence-corrected chi connectivity index (χ3v) is 4.07. The molecule has 6 heteroatoms. The Kier molecular flexibility index (Phi) is 4.06. The summed E-state index contributed by atoms with van der Waals surface area (Å²) in [4.78, 5) is 19.4. The molecular weight excluding hydrogens is 266 g/mol. The lowest BCUT2D eigenvalue weighted by atomic mass is 9.95. The molecule has 0 aliphatic carbocycles. The van der Waals surface area contributed by atoms with Gasteiger partial charge in [0, 0.05) is 6.54 Å². The van der Waals surface area contributed by atoms with Crippen molar-refractivity contribution < 1.29 is 4.79 Å². The molecule has 2 aromatic rings. The van der Waals surface area contributed by atoms with Gasteiger partial charge in [0.25, 0.3) is 5.91 Å². The minimum atomic E-state index is -0.0824. The van der Waals surface area contributed by atoms with Crippen LogP contribution in [-0.2, 0) is 0 Å². The van der Waals surface area contributed by atoms with Gasteiger partial charge in [-0.3, -0.25) is 4.79 Å². The Morgan fingerprint density at radius 3 is 3.00 bits per heavy atom. The van der Waals surface area contributed by atoms with E-state index in [0.29, 0.717) is 29.5 Å². The van der Waals surface area contributed by atoms with Crippen LogP contribution in [-0.4, -0.2) is 35.5 Å². The van der Waals surface area contributed by atoms with E-state index in [-0.39, 0.29) is 5.91 Å². The molecule has 0 bridgehead atoms. The second-order valence-corrected chi connectivity index (χ2v) is 5.56. The average molecular weight is 287 g/mol. The van der Waals surface area contributed by atoms with Crippen LogP contribution >= 0.6 is 0 Å². The van der Waals surface area contributed by atoms with Gasteiger partial charge >= 0.3 is 0 Å². The van der Waals surface area contributed by atoms with Crippen molar-refractivity contribution in [3.63, 3.8) is 0 Å². The number of benzene rings is 1. The number of fused-ring (bicyclic) bond motifs is 1. The summed E-state index contributed by atoms with van der Waals surface area (Å²) >= 11 is 0. The monoisotopic (exact) mass is 287 g/mol. The van der Waals surface area contributed by atoms with Crippen LogP contribution in [0.15, 0.2) is 18.2 Å². The summed E-state index contributed by atoms with van der Waals surface area (Å²) in [5, 5.41) is 6.34. The number of amides is 1. The van der Waals surface area contributed by atoms with E-state index < -0.39 is 0 Å². The minimum absolute atomic E-state index is 0.0824. The predicted octanol–water partition coefficient (Wildman–Crippen LogP) is 1.26. The van der Waals surface area contributed by atoms with Gasteiger partial charge < -0.3 is 21.4 Å². The Balaban J connectivity index is 1.61. The van der Waals surface area contributed by atoms with Crippen LogP contribution in [0.5, 0.6) is 0 Å². The molecule has 1 aliphatic rings. The zero-order chi connectivity index (χ0) is 14.7. The highest BCUT2D eigenvalue weighted by molar-refractivity contribution is 6.05. The Bertz CT molecular complexity index is 630. The van der Waals surface area contributed by atoms with Gasteiger partial charge in [-0.15, -0.1) is 0 Å². The van der Waals surface area contributed by atoms with Crippen LogP contribution in [0.4, 0.5) is 5.95 Å². The van der Waals surface area contributed by atoms with Crippen molar-refractivity contribution in [2.75, 3.05) is 25.4 Å². The second kappa shape index (κ2) is 6.13. The van der Waals surface area contributed by atoms with E-state index in [1.165, 1.54) is 12.8 Å². The van der Waals surface area contributed by atoms with Gasteiger partial charge in [-0.05, 0) is 50.4 Å². The molecule has 3 rings (SSSR count). The molecule has 1 amide bonds. The smallest absolute Gasteiger partial charge is 0.253 e. The van der Waals surface area contributed by atoms with Crippen molar-refractivity contribution >= 4 is 22.9 Å². The molecule has 0 atom stereocenters. The Morgan fingerprint density at radius 1 is 1.38 bits per heavy atom. The Labute approximate surface area is 123 Å². The summed E-state index contributed by atoms with van der Waals surface area (Å²) in [5.41, 5.74) is 7.65. The molecule has 1 aromatic heterocycles. The molecule has 0 radical (unpaired) electrons. The molecule has 1 aromatic carbocycles. The first-order valence-electron chi connectivity index (χ1n) is 7.47. The lowest BCUT2D eigenvalue weighted by Gasteiger charge is -2.22. The molecule has 1 fully saturated rings. The summed E-state index contributed by atoms with van der Waals surface area (Å²) in [6, 6.07) is 5.48. The molecule has 2 heterocycles. The quantitative estimate of drug-likeness (QED) is 0.681. The van der Waals surface area contributed by atoms with Gasteiger partial charge in [-0.2, -0.15) is 0 Å². The summed E-state index contributed by atoms with van der Waals surface area (Å²) in [7, 11) is 0. The van der Waals surface area contributed by atoms with E-state index in [0.717, 1.165) is 25.0 Å². The molecule has 112 valence electrons. The molecule has 6 nitrogen and oxygen atoms in total. The number of aromatic nitrogens is 2. The number of hydrogen-bond acceptors (Lipinski definition) is 4. The van der Waals surface area contributed by atoms with Crippen molar-refractivity contribution in [1.29, 1.82) is 0 Å². The number of nitrogen functional groups attached to an aromatic ring is 1. The standard InChI is InChI=1S/C15H21N5O/c16-15-19-12-3-1-2-11(13(12)20-15)14(21)18-9-6-10-4-7-17-8-5-10/h1-3,10,17H,4-9H2,(H,18,21)(H3,16,19,20). The third-order valence-electron chi connectivity index (χ3n) is 4.07. The fourth-order valence-electron chi connectivity index (χ4n) is 2.89.